The molecule has 0 aromatic carbocycles. The van der Waals surface area contributed by atoms with Gasteiger partial charge in [0.2, 0.25) is 0 Å². The maximum atomic E-state index is 11.4. The smallest absolute Gasteiger partial charge is 0.355 e. The van der Waals surface area contributed by atoms with E-state index in [0.29, 0.717) is 5.69 Å². The number of ether oxygens (including phenoxy) is 1. The molecule has 0 aliphatic rings. The van der Waals surface area contributed by atoms with Crippen LogP contribution in [0.4, 0.5) is 0 Å². The Labute approximate surface area is 78.1 Å². The summed E-state index contributed by atoms with van der Waals surface area (Å²) in [5, 5.41) is 0. The van der Waals surface area contributed by atoms with Crippen LogP contribution in [-0.2, 0) is 4.74 Å². The number of hydrogen-bond acceptors (Lipinski definition) is 2. The van der Waals surface area contributed by atoms with Gasteiger partial charge in [-0.3, -0.25) is 0 Å². The Balaban J connectivity index is 2.70. The summed E-state index contributed by atoms with van der Waals surface area (Å²) in [7, 11) is 0. The summed E-state index contributed by atoms with van der Waals surface area (Å²) in [6, 6.07) is 1.77. The Hall–Kier alpha value is -1.25. The van der Waals surface area contributed by atoms with Gasteiger partial charge in [0.15, 0.2) is 0 Å². The first-order chi connectivity index (χ1) is 5.88. The zero-order valence-corrected chi connectivity index (χ0v) is 8.47. The third-order valence-electron chi connectivity index (χ3n) is 1.45. The molecule has 0 unspecified atom stereocenters. The van der Waals surface area contributed by atoms with Gasteiger partial charge < -0.3 is 9.72 Å². The summed E-state index contributed by atoms with van der Waals surface area (Å²) in [5.41, 5.74) is 1.10. The number of esters is 1. The van der Waals surface area contributed by atoms with Gasteiger partial charge in [-0.15, -0.1) is 0 Å². The number of nitrogens with one attached hydrogen (secondary N) is 1. The highest BCUT2D eigenvalue weighted by Gasteiger charge is 2.18. The lowest BCUT2D eigenvalue weighted by Crippen LogP contribution is -2.24. The standard InChI is InChI=1S/C10H15NO2/c1-7-5-8(11-6-7)9(12)13-10(2,3)4/h5-6,11H,1-4H3. The highest BCUT2D eigenvalue weighted by molar-refractivity contribution is 5.87. The second kappa shape index (κ2) is 3.24. The monoisotopic (exact) mass is 181 g/mol. The summed E-state index contributed by atoms with van der Waals surface area (Å²) in [4.78, 5) is 14.3. The molecule has 3 nitrogen and oxygen atoms in total. The van der Waals surface area contributed by atoms with Gasteiger partial charge in [-0.2, -0.15) is 0 Å². The van der Waals surface area contributed by atoms with Crippen molar-refractivity contribution >= 4 is 5.97 Å². The first kappa shape index (κ1) is 9.84. The average molecular weight is 181 g/mol. The molecule has 1 aromatic heterocycles. The van der Waals surface area contributed by atoms with Crippen LogP contribution in [0.1, 0.15) is 36.8 Å². The zero-order valence-electron chi connectivity index (χ0n) is 8.47. The second-order valence-electron chi connectivity index (χ2n) is 4.09. The molecular formula is C10H15NO2. The van der Waals surface area contributed by atoms with E-state index >= 15 is 0 Å². The summed E-state index contributed by atoms with van der Waals surface area (Å²) in [6.45, 7) is 7.46. The number of aromatic nitrogens is 1. The van der Waals surface area contributed by atoms with Crippen LogP contribution in [0.25, 0.3) is 0 Å². The normalized spacial score (nSPS) is 11.4. The van der Waals surface area contributed by atoms with Crippen LogP contribution in [-0.4, -0.2) is 16.6 Å². The second-order valence-corrected chi connectivity index (χ2v) is 4.09. The molecule has 0 saturated heterocycles. The van der Waals surface area contributed by atoms with Crippen LogP contribution in [0.5, 0.6) is 0 Å². The number of carbonyl (C=O) groups excluding carboxylic acids is 1. The van der Waals surface area contributed by atoms with Crippen LogP contribution >= 0.6 is 0 Å². The lowest BCUT2D eigenvalue weighted by atomic mass is 10.2. The minimum absolute atomic E-state index is 0.305. The lowest BCUT2D eigenvalue weighted by Gasteiger charge is -2.18. The molecule has 1 aromatic rings. The van der Waals surface area contributed by atoms with Crippen molar-refractivity contribution in [3.05, 3.63) is 23.5 Å². The molecule has 1 N–H and O–H groups in total. The van der Waals surface area contributed by atoms with Crippen LogP contribution in [0, 0.1) is 6.92 Å². The minimum atomic E-state index is -0.434. The quantitative estimate of drug-likeness (QED) is 0.675. The molecule has 0 aliphatic carbocycles. The Morgan fingerprint density at radius 3 is 2.46 bits per heavy atom. The number of carbonyl (C=O) groups is 1. The Kier molecular flexibility index (Phi) is 2.45. The topological polar surface area (TPSA) is 42.1 Å². The fraction of sp³-hybridized carbons (Fsp3) is 0.500. The third kappa shape index (κ3) is 2.93. The van der Waals surface area contributed by atoms with Crippen LogP contribution in [0.15, 0.2) is 12.3 Å². The first-order valence-corrected chi connectivity index (χ1v) is 4.27. The van der Waals surface area contributed by atoms with Gasteiger partial charge >= 0.3 is 5.97 Å². The molecule has 0 aliphatic heterocycles. The van der Waals surface area contributed by atoms with Crippen LogP contribution in [0.3, 0.4) is 0 Å². The number of hydrogen-bond donors (Lipinski definition) is 1. The summed E-state index contributed by atoms with van der Waals surface area (Å²) in [6.07, 6.45) is 1.78. The van der Waals surface area contributed by atoms with E-state index in [4.69, 9.17) is 4.74 Å². The average Bonchev–Trinajstić information content (AvgIpc) is 2.31. The van der Waals surface area contributed by atoms with Crippen molar-refractivity contribution < 1.29 is 9.53 Å². The number of aromatic amines is 1. The van der Waals surface area contributed by atoms with E-state index in [1.165, 1.54) is 0 Å². The number of rotatable bonds is 1. The van der Waals surface area contributed by atoms with Crippen molar-refractivity contribution in [2.75, 3.05) is 0 Å². The van der Waals surface area contributed by atoms with E-state index in [0.717, 1.165) is 5.56 Å². The minimum Gasteiger partial charge on any atom is -0.455 e. The maximum Gasteiger partial charge on any atom is 0.355 e. The molecule has 13 heavy (non-hydrogen) atoms. The van der Waals surface area contributed by atoms with Crippen LogP contribution < -0.4 is 0 Å². The van der Waals surface area contributed by atoms with Gasteiger partial charge in [0.05, 0.1) is 0 Å². The van der Waals surface area contributed by atoms with Crippen molar-refractivity contribution in [3.63, 3.8) is 0 Å². The molecule has 1 rings (SSSR count). The highest BCUT2D eigenvalue weighted by atomic mass is 16.6. The highest BCUT2D eigenvalue weighted by Crippen LogP contribution is 2.11. The van der Waals surface area contributed by atoms with E-state index in [9.17, 15) is 4.79 Å². The Morgan fingerprint density at radius 1 is 1.46 bits per heavy atom. The van der Waals surface area contributed by atoms with Crippen LogP contribution in [0.2, 0.25) is 0 Å². The fourth-order valence-electron chi connectivity index (χ4n) is 0.954. The van der Waals surface area contributed by atoms with Gasteiger partial charge in [-0.05, 0) is 39.3 Å². The largest absolute Gasteiger partial charge is 0.455 e. The molecule has 72 valence electrons. The van der Waals surface area contributed by atoms with Crippen molar-refractivity contribution in [2.24, 2.45) is 0 Å². The molecular weight excluding hydrogens is 166 g/mol. The molecule has 0 amide bonds. The van der Waals surface area contributed by atoms with E-state index in [-0.39, 0.29) is 5.97 Å². The third-order valence-corrected chi connectivity index (χ3v) is 1.45. The van der Waals surface area contributed by atoms with Gasteiger partial charge in [-0.1, -0.05) is 0 Å². The Bertz CT molecular complexity index is 307. The van der Waals surface area contributed by atoms with Crippen molar-refractivity contribution in [3.8, 4) is 0 Å². The van der Waals surface area contributed by atoms with E-state index in [2.05, 4.69) is 4.98 Å². The molecule has 3 heteroatoms. The Morgan fingerprint density at radius 2 is 2.08 bits per heavy atom. The lowest BCUT2D eigenvalue weighted by molar-refractivity contribution is 0.00636. The van der Waals surface area contributed by atoms with E-state index in [1.807, 2.05) is 27.7 Å². The summed E-state index contributed by atoms with van der Waals surface area (Å²) in [5.74, 6) is -0.305. The zero-order chi connectivity index (χ0) is 10.1. The summed E-state index contributed by atoms with van der Waals surface area (Å²) < 4.78 is 5.17. The van der Waals surface area contributed by atoms with E-state index < -0.39 is 5.60 Å². The molecule has 0 radical (unpaired) electrons. The van der Waals surface area contributed by atoms with E-state index in [1.54, 1.807) is 12.3 Å². The fourth-order valence-corrected chi connectivity index (χ4v) is 0.954. The molecule has 1 heterocycles. The predicted molar refractivity (Wildman–Crippen MR) is 50.7 cm³/mol. The predicted octanol–water partition coefficient (Wildman–Crippen LogP) is 2.28. The number of H-pyrrole nitrogens is 1. The molecule has 0 fully saturated rings. The first-order valence-electron chi connectivity index (χ1n) is 4.27. The SMILES string of the molecule is Cc1c[nH]c(C(=O)OC(C)(C)C)c1. The van der Waals surface area contributed by atoms with Gasteiger partial charge in [-0.25, -0.2) is 4.79 Å². The summed E-state index contributed by atoms with van der Waals surface area (Å²) >= 11 is 0. The van der Waals surface area contributed by atoms with Gasteiger partial charge in [0.25, 0.3) is 0 Å². The molecule has 0 atom stereocenters. The maximum absolute atomic E-state index is 11.4. The van der Waals surface area contributed by atoms with Crippen molar-refractivity contribution in [1.29, 1.82) is 0 Å². The van der Waals surface area contributed by atoms with Gasteiger partial charge in [0, 0.05) is 6.20 Å². The van der Waals surface area contributed by atoms with Gasteiger partial charge in [0.1, 0.15) is 11.3 Å². The molecule has 0 spiro atoms. The number of aryl methyl sites for hydroxylation is 1. The van der Waals surface area contributed by atoms with Crippen molar-refractivity contribution in [1.82, 2.24) is 4.98 Å². The molecule has 0 bridgehead atoms. The molecule has 0 saturated carbocycles. The van der Waals surface area contributed by atoms with Crippen molar-refractivity contribution in [2.45, 2.75) is 33.3 Å².